The lowest BCUT2D eigenvalue weighted by molar-refractivity contribution is 0.484. The highest BCUT2D eigenvalue weighted by atomic mass is 32.2. The van der Waals surface area contributed by atoms with Crippen molar-refractivity contribution in [3.05, 3.63) is 54.6 Å². The Bertz CT molecular complexity index is 1640. The van der Waals surface area contributed by atoms with Crippen LogP contribution in [0.3, 0.4) is 0 Å². The molecule has 10 rings (SSSR count). The third-order valence-corrected chi connectivity index (χ3v) is 14.5. The second-order valence-corrected chi connectivity index (χ2v) is 15.5. The van der Waals surface area contributed by atoms with Gasteiger partial charge >= 0.3 is 0 Å². The zero-order valence-electron chi connectivity index (χ0n) is 19.2. The molecule has 0 N–H and O–H groups in total. The van der Waals surface area contributed by atoms with Gasteiger partial charge in [0.1, 0.15) is 20.1 Å². The van der Waals surface area contributed by atoms with Gasteiger partial charge in [-0.25, -0.2) is 19.9 Å². The van der Waals surface area contributed by atoms with Crippen LogP contribution in [0, 0.1) is 23.7 Å². The van der Waals surface area contributed by atoms with Crippen LogP contribution in [-0.2, 0) is 0 Å². The molecule has 36 heavy (non-hydrogen) atoms. The lowest BCUT2D eigenvalue weighted by Gasteiger charge is -2.24. The van der Waals surface area contributed by atoms with Crippen LogP contribution in [0.5, 0.6) is 0 Å². The van der Waals surface area contributed by atoms with Crippen LogP contribution in [0.2, 0.25) is 0 Å². The van der Waals surface area contributed by atoms with Gasteiger partial charge < -0.3 is 0 Å². The predicted molar refractivity (Wildman–Crippen MR) is 147 cm³/mol. The fourth-order valence-electron chi connectivity index (χ4n) is 7.59. The summed E-state index contributed by atoms with van der Waals surface area (Å²) in [5, 5.41) is 6.38. The molecule has 3 aromatic rings. The first kappa shape index (κ1) is 20.3. The summed E-state index contributed by atoms with van der Waals surface area (Å²) in [6.45, 7) is 0. The maximum Gasteiger partial charge on any atom is 0.135 e. The Morgan fingerprint density at radius 2 is 1.06 bits per heavy atom. The zero-order valence-corrected chi connectivity index (χ0v) is 22.4. The molecule has 7 aliphatic rings. The van der Waals surface area contributed by atoms with Crippen molar-refractivity contribution in [1.29, 1.82) is 0 Å². The van der Waals surface area contributed by atoms with E-state index in [0.717, 1.165) is 53.7 Å². The molecule has 2 saturated carbocycles. The van der Waals surface area contributed by atoms with Gasteiger partial charge in [0.15, 0.2) is 0 Å². The molecule has 1 aromatic carbocycles. The largest absolute Gasteiger partial charge is 0.237 e. The van der Waals surface area contributed by atoms with Crippen molar-refractivity contribution >= 4 is 70.2 Å². The Morgan fingerprint density at radius 3 is 1.56 bits per heavy atom. The number of thioether (sulfide) groups is 4. The third-order valence-electron chi connectivity index (χ3n) is 9.22. The van der Waals surface area contributed by atoms with Crippen molar-refractivity contribution in [2.24, 2.45) is 23.7 Å². The molecule has 4 bridgehead atoms. The number of aromatic nitrogens is 4. The van der Waals surface area contributed by atoms with Crippen molar-refractivity contribution in [3.63, 3.8) is 0 Å². The third kappa shape index (κ3) is 2.69. The average molecular weight is 541 g/mol. The Balaban J connectivity index is 1.00. The van der Waals surface area contributed by atoms with E-state index in [4.69, 9.17) is 19.9 Å². The molecule has 8 heteroatoms. The highest BCUT2D eigenvalue weighted by Gasteiger charge is 2.43. The van der Waals surface area contributed by atoms with Crippen molar-refractivity contribution in [1.82, 2.24) is 19.9 Å². The van der Waals surface area contributed by atoms with Crippen LogP contribution in [0.1, 0.15) is 48.6 Å². The summed E-state index contributed by atoms with van der Waals surface area (Å²) in [6, 6.07) is 4.69. The van der Waals surface area contributed by atoms with Gasteiger partial charge in [0.2, 0.25) is 0 Å². The van der Waals surface area contributed by atoms with Crippen LogP contribution in [-0.4, -0.2) is 19.9 Å². The number of fused-ring (bicyclic) bond motifs is 14. The molecule has 5 aliphatic carbocycles. The monoisotopic (exact) mass is 540 g/mol. The lowest BCUT2D eigenvalue weighted by Crippen LogP contribution is -2.39. The summed E-state index contributed by atoms with van der Waals surface area (Å²) in [4.78, 5) is 20.4. The van der Waals surface area contributed by atoms with Crippen LogP contribution < -0.4 is 10.7 Å². The number of benzene rings is 1. The second kappa shape index (κ2) is 7.01. The summed E-state index contributed by atoms with van der Waals surface area (Å²) in [7, 11) is 0. The molecule has 176 valence electrons. The van der Waals surface area contributed by atoms with E-state index in [0.29, 0.717) is 23.7 Å². The van der Waals surface area contributed by atoms with E-state index in [2.05, 4.69) is 36.4 Å². The van der Waals surface area contributed by atoms with Gasteiger partial charge in [0.05, 0.1) is 30.2 Å². The summed E-state index contributed by atoms with van der Waals surface area (Å²) in [5.74, 6) is 4.09. The van der Waals surface area contributed by atoms with E-state index >= 15 is 0 Å². The number of hydrogen-bond donors (Lipinski definition) is 0. The first-order valence-corrected chi connectivity index (χ1v) is 16.1. The molecule has 0 saturated heterocycles. The molecule has 2 aromatic heterocycles. The van der Waals surface area contributed by atoms with Crippen LogP contribution in [0.25, 0.3) is 23.2 Å². The molecule has 2 aliphatic heterocycles. The SMILES string of the molecule is C1=CC2CC1C1C=c3nc4c(nc3=CC21)SC(=C1Sc2nc3cc5c(cc3nc2S1)C1CCC5C1)S4. The van der Waals surface area contributed by atoms with Gasteiger partial charge in [-0.2, -0.15) is 0 Å². The molecule has 0 amide bonds. The molecule has 2 fully saturated rings. The molecule has 0 spiro atoms. The van der Waals surface area contributed by atoms with Crippen molar-refractivity contribution in [2.75, 3.05) is 0 Å². The maximum absolute atomic E-state index is 5.09. The van der Waals surface area contributed by atoms with Crippen LogP contribution >= 0.6 is 47.0 Å². The highest BCUT2D eigenvalue weighted by Crippen LogP contribution is 2.60. The van der Waals surface area contributed by atoms with E-state index in [-0.39, 0.29) is 0 Å². The van der Waals surface area contributed by atoms with Crippen molar-refractivity contribution in [2.45, 2.75) is 57.6 Å². The quantitative estimate of drug-likeness (QED) is 0.321. The first-order chi connectivity index (χ1) is 17.7. The number of rotatable bonds is 0. The number of hydrogen-bond acceptors (Lipinski definition) is 8. The number of allylic oxidation sites excluding steroid dienone is 2. The molecule has 4 nitrogen and oxygen atoms in total. The maximum atomic E-state index is 5.09. The first-order valence-electron chi connectivity index (χ1n) is 12.8. The van der Waals surface area contributed by atoms with E-state index in [1.807, 2.05) is 0 Å². The summed E-state index contributed by atoms with van der Waals surface area (Å²) in [6.07, 6.45) is 15.0. The lowest BCUT2D eigenvalue weighted by atomic mass is 9.81. The van der Waals surface area contributed by atoms with Gasteiger partial charge in [0, 0.05) is 0 Å². The van der Waals surface area contributed by atoms with Gasteiger partial charge in [0.25, 0.3) is 0 Å². The van der Waals surface area contributed by atoms with E-state index < -0.39 is 0 Å². The Kier molecular flexibility index (Phi) is 3.94. The van der Waals surface area contributed by atoms with Gasteiger partial charge in [-0.15, -0.1) is 0 Å². The van der Waals surface area contributed by atoms with E-state index in [1.54, 1.807) is 58.2 Å². The minimum absolute atomic E-state index is 0.606. The molecule has 6 unspecified atom stereocenters. The topological polar surface area (TPSA) is 51.6 Å². The molecule has 4 heterocycles. The highest BCUT2D eigenvalue weighted by molar-refractivity contribution is 8.30. The normalized spacial score (nSPS) is 33.4. The predicted octanol–water partition coefficient (Wildman–Crippen LogP) is 6.02. The standard InChI is InChI=1S/C28H20N4S4/c1-2-12-5-11(1)15-7-19-20(8-16(12)15)30-24-23(29-19)33-27(34-24)28-35-25-26(36-28)32-22-10-18-14-4-3-13(6-14)17(18)9-21(22)31-25/h1-2,7-16H,3-6H2. The second-order valence-electron chi connectivity index (χ2n) is 11.0. The van der Waals surface area contributed by atoms with Crippen molar-refractivity contribution < 1.29 is 0 Å². The average Bonchev–Trinajstić information content (AvgIpc) is 3.73. The van der Waals surface area contributed by atoms with Crippen LogP contribution in [0.15, 0.2) is 52.9 Å². The summed E-state index contributed by atoms with van der Waals surface area (Å²) < 4.78 is 2.54. The van der Waals surface area contributed by atoms with E-state index in [9.17, 15) is 0 Å². The minimum atomic E-state index is 0.606. The van der Waals surface area contributed by atoms with Gasteiger partial charge in [-0.1, -0.05) is 71.4 Å². The molecule has 6 atom stereocenters. The van der Waals surface area contributed by atoms with E-state index in [1.165, 1.54) is 34.2 Å². The fourth-order valence-corrected chi connectivity index (χ4v) is 12.5. The zero-order chi connectivity index (χ0) is 23.1. The smallest absolute Gasteiger partial charge is 0.135 e. The number of nitrogens with zero attached hydrogens (tertiary/aromatic N) is 4. The van der Waals surface area contributed by atoms with Gasteiger partial charge in [-0.3, -0.25) is 0 Å². The summed E-state index contributed by atoms with van der Waals surface area (Å²) >= 11 is 7.08. The molecular formula is C28H20N4S4. The van der Waals surface area contributed by atoms with Crippen molar-refractivity contribution in [3.8, 4) is 0 Å². The minimum Gasteiger partial charge on any atom is -0.237 e. The Hall–Kier alpha value is -1.74. The molecule has 0 radical (unpaired) electrons. The Labute approximate surface area is 225 Å². The molecular weight excluding hydrogens is 521 g/mol. The van der Waals surface area contributed by atoms with Gasteiger partial charge in [-0.05, 0) is 84.5 Å². The fraction of sp³-hybridized carbons (Fsp3) is 0.357. The van der Waals surface area contributed by atoms with Crippen LogP contribution in [0.4, 0.5) is 0 Å². The summed E-state index contributed by atoms with van der Waals surface area (Å²) in [5.41, 5.74) is 5.21. The Morgan fingerprint density at radius 1 is 0.583 bits per heavy atom.